The Balaban J connectivity index is 0.00000147. The van der Waals surface area contributed by atoms with Crippen LogP contribution in [0.25, 0.3) is 22.3 Å². The van der Waals surface area contributed by atoms with Gasteiger partial charge in [0.2, 0.25) is 0 Å². The van der Waals surface area contributed by atoms with Gasteiger partial charge in [0.25, 0.3) is 0 Å². The van der Waals surface area contributed by atoms with Crippen LogP contribution >= 0.6 is 0 Å². The Morgan fingerprint density at radius 2 is 0.900 bits per heavy atom. The molecule has 3 rings (SSSR count). The highest BCUT2D eigenvalue weighted by Crippen LogP contribution is 2.27. The van der Waals surface area contributed by atoms with Crippen LogP contribution in [0.5, 0.6) is 0 Å². The lowest BCUT2D eigenvalue weighted by Gasteiger charge is -2.08. The topological polar surface area (TPSA) is 0 Å². The van der Waals surface area contributed by atoms with Crippen molar-refractivity contribution in [2.45, 2.75) is 14.4 Å². The first-order valence-corrected chi connectivity index (χ1v) is 6.55. The van der Waals surface area contributed by atoms with Gasteiger partial charge in [-0.3, -0.25) is 0 Å². The molecule has 20 heavy (non-hydrogen) atoms. The molecule has 100 valence electrons. The fourth-order valence-corrected chi connectivity index (χ4v) is 2.38. The lowest BCUT2D eigenvalue weighted by molar-refractivity contribution is 1.46. The SMILES string of the molecule is C.Cc1cc(-c2ccccc2)cc(-c2ccccc2)c1. The third-order valence-corrected chi connectivity index (χ3v) is 3.29. The van der Waals surface area contributed by atoms with E-state index in [1.807, 2.05) is 0 Å². The minimum Gasteiger partial charge on any atom is -0.0776 e. The summed E-state index contributed by atoms with van der Waals surface area (Å²) in [6.07, 6.45) is 0. The molecule has 0 unspecified atom stereocenters. The first-order valence-electron chi connectivity index (χ1n) is 6.55. The van der Waals surface area contributed by atoms with Gasteiger partial charge < -0.3 is 0 Å². The molecule has 0 nitrogen and oxygen atoms in total. The van der Waals surface area contributed by atoms with Gasteiger partial charge in [-0.1, -0.05) is 80.2 Å². The fourth-order valence-electron chi connectivity index (χ4n) is 2.38. The van der Waals surface area contributed by atoms with Crippen LogP contribution in [0.4, 0.5) is 0 Å². The van der Waals surface area contributed by atoms with E-state index in [1.165, 1.54) is 27.8 Å². The van der Waals surface area contributed by atoms with Gasteiger partial charge in [0.05, 0.1) is 0 Å². The third kappa shape index (κ3) is 2.97. The fraction of sp³-hybridized carbons (Fsp3) is 0.100. The van der Waals surface area contributed by atoms with Crippen molar-refractivity contribution in [3.05, 3.63) is 84.4 Å². The summed E-state index contributed by atoms with van der Waals surface area (Å²) in [5.41, 5.74) is 6.38. The molecule has 0 aliphatic carbocycles. The maximum Gasteiger partial charge on any atom is -0.0175 e. The van der Waals surface area contributed by atoms with E-state index in [9.17, 15) is 0 Å². The molecular weight excluding hydrogens is 240 g/mol. The van der Waals surface area contributed by atoms with E-state index in [0.29, 0.717) is 0 Å². The molecular formula is C20H20. The summed E-state index contributed by atoms with van der Waals surface area (Å²) in [5, 5.41) is 0. The summed E-state index contributed by atoms with van der Waals surface area (Å²) >= 11 is 0. The molecule has 0 saturated carbocycles. The van der Waals surface area contributed by atoms with Crippen LogP contribution in [0, 0.1) is 6.92 Å². The first-order chi connectivity index (χ1) is 9.33. The number of aryl methyl sites for hydroxylation is 1. The van der Waals surface area contributed by atoms with Crippen LogP contribution in [-0.4, -0.2) is 0 Å². The van der Waals surface area contributed by atoms with Crippen LogP contribution in [0.3, 0.4) is 0 Å². The molecule has 0 radical (unpaired) electrons. The van der Waals surface area contributed by atoms with Crippen molar-refractivity contribution in [3.63, 3.8) is 0 Å². The Kier molecular flexibility index (Phi) is 4.37. The third-order valence-electron chi connectivity index (χ3n) is 3.29. The Hall–Kier alpha value is -2.34. The molecule has 0 N–H and O–H groups in total. The van der Waals surface area contributed by atoms with Crippen LogP contribution < -0.4 is 0 Å². The molecule has 0 bridgehead atoms. The van der Waals surface area contributed by atoms with Gasteiger partial charge in [-0.2, -0.15) is 0 Å². The van der Waals surface area contributed by atoms with Crippen LogP contribution in [0.1, 0.15) is 13.0 Å². The molecule has 0 aliphatic heterocycles. The second kappa shape index (κ2) is 6.21. The average Bonchev–Trinajstić information content (AvgIpc) is 2.48. The molecule has 0 amide bonds. The van der Waals surface area contributed by atoms with Gasteiger partial charge in [0.15, 0.2) is 0 Å². The van der Waals surface area contributed by atoms with E-state index in [0.717, 1.165) is 0 Å². The van der Waals surface area contributed by atoms with Gasteiger partial charge in [-0.25, -0.2) is 0 Å². The molecule has 0 fully saturated rings. The normalized spacial score (nSPS) is 9.85. The predicted octanol–water partition coefficient (Wildman–Crippen LogP) is 5.97. The van der Waals surface area contributed by atoms with E-state index in [-0.39, 0.29) is 7.43 Å². The number of hydrogen-bond donors (Lipinski definition) is 0. The van der Waals surface area contributed by atoms with Gasteiger partial charge in [0, 0.05) is 0 Å². The maximum atomic E-state index is 2.26. The van der Waals surface area contributed by atoms with E-state index < -0.39 is 0 Å². The summed E-state index contributed by atoms with van der Waals surface area (Å²) in [6, 6.07) is 27.8. The summed E-state index contributed by atoms with van der Waals surface area (Å²) in [4.78, 5) is 0. The molecule has 0 atom stereocenters. The van der Waals surface area contributed by atoms with Gasteiger partial charge in [-0.15, -0.1) is 0 Å². The Bertz CT molecular complexity index is 609. The van der Waals surface area contributed by atoms with Crippen molar-refractivity contribution in [3.8, 4) is 22.3 Å². The van der Waals surface area contributed by atoms with Crippen molar-refractivity contribution in [2.75, 3.05) is 0 Å². The Morgan fingerprint density at radius 1 is 0.500 bits per heavy atom. The van der Waals surface area contributed by atoms with Gasteiger partial charge >= 0.3 is 0 Å². The van der Waals surface area contributed by atoms with Crippen LogP contribution in [0.15, 0.2) is 78.9 Å². The number of benzene rings is 3. The monoisotopic (exact) mass is 260 g/mol. The maximum absolute atomic E-state index is 2.26. The highest BCUT2D eigenvalue weighted by atomic mass is 14.1. The quantitative estimate of drug-likeness (QED) is 0.533. The van der Waals surface area contributed by atoms with E-state index in [1.54, 1.807) is 0 Å². The summed E-state index contributed by atoms with van der Waals surface area (Å²) in [5.74, 6) is 0. The van der Waals surface area contributed by atoms with E-state index >= 15 is 0 Å². The molecule has 0 saturated heterocycles. The molecule has 0 spiro atoms. The summed E-state index contributed by atoms with van der Waals surface area (Å²) in [7, 11) is 0. The van der Waals surface area contributed by atoms with Gasteiger partial charge in [-0.05, 0) is 40.8 Å². The number of rotatable bonds is 2. The van der Waals surface area contributed by atoms with Crippen molar-refractivity contribution in [1.82, 2.24) is 0 Å². The molecule has 3 aromatic carbocycles. The molecule has 0 heteroatoms. The van der Waals surface area contributed by atoms with Crippen molar-refractivity contribution >= 4 is 0 Å². The van der Waals surface area contributed by atoms with E-state index in [4.69, 9.17) is 0 Å². The van der Waals surface area contributed by atoms with Crippen LogP contribution in [0.2, 0.25) is 0 Å². The van der Waals surface area contributed by atoms with Gasteiger partial charge in [0.1, 0.15) is 0 Å². The second-order valence-electron chi connectivity index (χ2n) is 4.82. The lowest BCUT2D eigenvalue weighted by Crippen LogP contribution is -1.84. The molecule has 0 aliphatic rings. The Labute approximate surface area is 121 Å². The zero-order valence-corrected chi connectivity index (χ0v) is 11.0. The zero-order valence-electron chi connectivity index (χ0n) is 11.0. The second-order valence-corrected chi connectivity index (χ2v) is 4.82. The summed E-state index contributed by atoms with van der Waals surface area (Å²) < 4.78 is 0. The van der Waals surface area contributed by atoms with E-state index in [2.05, 4.69) is 85.8 Å². The highest BCUT2D eigenvalue weighted by Gasteiger charge is 2.02. The van der Waals surface area contributed by atoms with Crippen molar-refractivity contribution < 1.29 is 0 Å². The first kappa shape index (κ1) is 14.1. The lowest BCUT2D eigenvalue weighted by atomic mass is 9.97. The minimum atomic E-state index is 0. The van der Waals surface area contributed by atoms with Crippen molar-refractivity contribution in [1.29, 1.82) is 0 Å². The Morgan fingerprint density at radius 3 is 1.30 bits per heavy atom. The number of hydrogen-bond acceptors (Lipinski definition) is 0. The molecule has 0 aromatic heterocycles. The highest BCUT2D eigenvalue weighted by molar-refractivity contribution is 5.74. The standard InChI is InChI=1S/C19H16.CH4/c1-15-12-18(16-8-4-2-5-9-16)14-19(13-15)17-10-6-3-7-11-17;/h2-14H,1H3;1H4. The van der Waals surface area contributed by atoms with Crippen molar-refractivity contribution in [2.24, 2.45) is 0 Å². The summed E-state index contributed by atoms with van der Waals surface area (Å²) in [6.45, 7) is 2.15. The van der Waals surface area contributed by atoms with Crippen LogP contribution in [-0.2, 0) is 0 Å². The molecule has 3 aromatic rings. The molecule has 0 heterocycles. The zero-order chi connectivity index (χ0) is 13.1. The average molecular weight is 260 g/mol. The predicted molar refractivity (Wildman–Crippen MR) is 88.8 cm³/mol. The minimum absolute atomic E-state index is 0. The smallest absolute Gasteiger partial charge is 0.0175 e. The largest absolute Gasteiger partial charge is 0.0776 e.